The van der Waals surface area contributed by atoms with Gasteiger partial charge in [-0.1, -0.05) is 12.1 Å². The molecule has 2 aromatic rings. The van der Waals surface area contributed by atoms with Crippen molar-refractivity contribution in [1.82, 2.24) is 0 Å². The Hall–Kier alpha value is -0.680. The van der Waals surface area contributed by atoms with Crippen LogP contribution in [0.15, 0.2) is 29.6 Å². The molecule has 0 bridgehead atoms. The quantitative estimate of drug-likeness (QED) is 0.591. The van der Waals surface area contributed by atoms with Gasteiger partial charge in [0.2, 0.25) is 5.78 Å². The summed E-state index contributed by atoms with van der Waals surface area (Å²) in [4.78, 5) is 13.2. The first-order chi connectivity index (χ1) is 7.61. The molecular formula is C13H11IOS. The number of ketones is 1. The lowest BCUT2D eigenvalue weighted by Gasteiger charge is -2.05. The highest BCUT2D eigenvalue weighted by molar-refractivity contribution is 14.1. The summed E-state index contributed by atoms with van der Waals surface area (Å²) in [6.45, 7) is 4.01. The first-order valence-electron chi connectivity index (χ1n) is 4.95. The molecule has 0 saturated heterocycles. The molecule has 0 N–H and O–H groups in total. The molecule has 0 atom stereocenters. The third kappa shape index (κ3) is 2.06. The van der Waals surface area contributed by atoms with Gasteiger partial charge in [0.25, 0.3) is 0 Å². The molecule has 1 aromatic heterocycles. The Morgan fingerprint density at radius 2 is 1.94 bits per heavy atom. The summed E-state index contributed by atoms with van der Waals surface area (Å²) in [5.41, 5.74) is 3.03. The van der Waals surface area contributed by atoms with Crippen molar-refractivity contribution in [3.05, 3.63) is 54.8 Å². The van der Waals surface area contributed by atoms with Gasteiger partial charge in [-0.05, 0) is 65.1 Å². The van der Waals surface area contributed by atoms with Crippen molar-refractivity contribution in [3.8, 4) is 0 Å². The Labute approximate surface area is 113 Å². The second-order valence-corrected chi connectivity index (χ2v) is 5.69. The summed E-state index contributed by atoms with van der Waals surface area (Å²) in [6.07, 6.45) is 0. The number of carbonyl (C=O) groups excluding carboxylic acids is 1. The van der Waals surface area contributed by atoms with Gasteiger partial charge in [-0.2, -0.15) is 0 Å². The van der Waals surface area contributed by atoms with Gasteiger partial charge in [-0.3, -0.25) is 4.79 Å². The van der Waals surface area contributed by atoms with Crippen LogP contribution in [0.1, 0.15) is 26.4 Å². The number of aryl methyl sites for hydroxylation is 2. The average Bonchev–Trinajstić information content (AvgIpc) is 2.68. The van der Waals surface area contributed by atoms with Crippen LogP contribution in [0.4, 0.5) is 0 Å². The summed E-state index contributed by atoms with van der Waals surface area (Å²) in [5.74, 6) is 0.139. The van der Waals surface area contributed by atoms with E-state index in [9.17, 15) is 4.79 Å². The molecular weight excluding hydrogens is 331 g/mol. The van der Waals surface area contributed by atoms with Gasteiger partial charge in [-0.25, -0.2) is 0 Å². The number of benzene rings is 1. The smallest absolute Gasteiger partial charge is 0.204 e. The highest BCUT2D eigenvalue weighted by Crippen LogP contribution is 2.24. The van der Waals surface area contributed by atoms with E-state index >= 15 is 0 Å². The fourth-order valence-electron chi connectivity index (χ4n) is 1.55. The van der Waals surface area contributed by atoms with E-state index < -0.39 is 0 Å². The molecule has 0 amide bonds. The number of halogens is 1. The molecule has 0 spiro atoms. The largest absolute Gasteiger partial charge is 0.288 e. The van der Waals surface area contributed by atoms with Crippen LogP contribution in [0.2, 0.25) is 0 Å². The lowest BCUT2D eigenvalue weighted by molar-refractivity contribution is 0.104. The van der Waals surface area contributed by atoms with Crippen LogP contribution in [0.5, 0.6) is 0 Å². The molecule has 0 radical (unpaired) electrons. The Bertz CT molecular complexity index is 543. The molecule has 82 valence electrons. The molecule has 1 heterocycles. The Morgan fingerprint density at radius 3 is 2.56 bits per heavy atom. The van der Waals surface area contributed by atoms with E-state index in [1.54, 1.807) is 0 Å². The Kier molecular flexibility index (Phi) is 3.44. The first kappa shape index (κ1) is 11.8. The molecule has 0 fully saturated rings. The molecule has 2 rings (SSSR count). The minimum atomic E-state index is 0.139. The van der Waals surface area contributed by atoms with Crippen LogP contribution in [0, 0.1) is 17.4 Å². The number of carbonyl (C=O) groups is 1. The maximum absolute atomic E-state index is 12.3. The highest BCUT2D eigenvalue weighted by Gasteiger charge is 2.16. The van der Waals surface area contributed by atoms with Crippen molar-refractivity contribution < 1.29 is 4.79 Å². The molecule has 0 unspecified atom stereocenters. The summed E-state index contributed by atoms with van der Waals surface area (Å²) in [5, 5.41) is 1.96. The van der Waals surface area contributed by atoms with Crippen LogP contribution in [-0.4, -0.2) is 5.78 Å². The second-order valence-electron chi connectivity index (χ2n) is 3.70. The number of thiophene rings is 1. The Morgan fingerprint density at radius 1 is 1.19 bits per heavy atom. The summed E-state index contributed by atoms with van der Waals surface area (Å²) in [6, 6.07) is 7.85. The van der Waals surface area contributed by atoms with E-state index in [0.717, 1.165) is 25.1 Å². The normalized spacial score (nSPS) is 10.4. The average molecular weight is 342 g/mol. The molecule has 0 aliphatic carbocycles. The molecule has 0 saturated carbocycles. The van der Waals surface area contributed by atoms with Gasteiger partial charge < -0.3 is 0 Å². The summed E-state index contributed by atoms with van der Waals surface area (Å²) >= 11 is 3.75. The second kappa shape index (κ2) is 4.67. The van der Waals surface area contributed by atoms with E-state index in [4.69, 9.17) is 0 Å². The zero-order valence-electron chi connectivity index (χ0n) is 9.08. The van der Waals surface area contributed by atoms with Crippen LogP contribution < -0.4 is 0 Å². The van der Waals surface area contributed by atoms with Crippen molar-refractivity contribution in [2.45, 2.75) is 13.8 Å². The number of rotatable bonds is 2. The maximum atomic E-state index is 12.3. The summed E-state index contributed by atoms with van der Waals surface area (Å²) in [7, 11) is 0. The van der Waals surface area contributed by atoms with Crippen LogP contribution >= 0.6 is 33.9 Å². The highest BCUT2D eigenvalue weighted by atomic mass is 127. The molecule has 1 nitrogen and oxygen atoms in total. The van der Waals surface area contributed by atoms with Crippen LogP contribution in [0.3, 0.4) is 0 Å². The fraction of sp³-hybridized carbons (Fsp3) is 0.154. The first-order valence-corrected chi connectivity index (χ1v) is 6.91. The lowest BCUT2D eigenvalue weighted by Crippen LogP contribution is -2.04. The molecule has 0 aliphatic rings. The van der Waals surface area contributed by atoms with Gasteiger partial charge in [0, 0.05) is 9.13 Å². The zero-order valence-corrected chi connectivity index (χ0v) is 12.1. The maximum Gasteiger partial charge on any atom is 0.204 e. The van der Waals surface area contributed by atoms with Gasteiger partial charge in [-0.15, -0.1) is 11.3 Å². The van der Waals surface area contributed by atoms with E-state index in [2.05, 4.69) is 22.6 Å². The van der Waals surface area contributed by atoms with E-state index in [-0.39, 0.29) is 5.78 Å². The van der Waals surface area contributed by atoms with Gasteiger partial charge in [0.15, 0.2) is 0 Å². The number of hydrogen-bond donors (Lipinski definition) is 0. The van der Waals surface area contributed by atoms with Crippen LogP contribution in [-0.2, 0) is 0 Å². The monoisotopic (exact) mass is 342 g/mol. The molecule has 0 aliphatic heterocycles. The topological polar surface area (TPSA) is 17.1 Å². The van der Waals surface area contributed by atoms with Crippen molar-refractivity contribution in [1.29, 1.82) is 0 Å². The third-order valence-corrected chi connectivity index (χ3v) is 4.95. The molecule has 16 heavy (non-hydrogen) atoms. The SMILES string of the molecule is Cc1ccsc1C(=O)c1cccc(C)c1I. The van der Waals surface area contributed by atoms with E-state index in [1.165, 1.54) is 11.3 Å². The van der Waals surface area contributed by atoms with Crippen molar-refractivity contribution >= 4 is 39.7 Å². The van der Waals surface area contributed by atoms with Crippen LogP contribution in [0.25, 0.3) is 0 Å². The number of hydrogen-bond acceptors (Lipinski definition) is 2. The van der Waals surface area contributed by atoms with Gasteiger partial charge in [0.05, 0.1) is 4.88 Å². The van der Waals surface area contributed by atoms with Crippen molar-refractivity contribution in [2.75, 3.05) is 0 Å². The predicted octanol–water partition coefficient (Wildman–Crippen LogP) is 4.20. The third-order valence-electron chi connectivity index (χ3n) is 2.50. The predicted molar refractivity (Wildman–Crippen MR) is 76.4 cm³/mol. The van der Waals surface area contributed by atoms with E-state index in [0.29, 0.717) is 0 Å². The minimum Gasteiger partial charge on any atom is -0.288 e. The molecule has 3 heteroatoms. The van der Waals surface area contributed by atoms with Crippen molar-refractivity contribution in [3.63, 3.8) is 0 Å². The lowest BCUT2D eigenvalue weighted by atomic mass is 10.1. The standard InChI is InChI=1S/C13H11IOS/c1-8-4-3-5-10(11(8)14)12(15)13-9(2)6-7-16-13/h3-7H,1-2H3. The van der Waals surface area contributed by atoms with Crippen molar-refractivity contribution in [2.24, 2.45) is 0 Å². The summed E-state index contributed by atoms with van der Waals surface area (Å²) < 4.78 is 1.05. The minimum absolute atomic E-state index is 0.139. The van der Waals surface area contributed by atoms with Gasteiger partial charge in [0.1, 0.15) is 0 Å². The van der Waals surface area contributed by atoms with E-state index in [1.807, 2.05) is 43.5 Å². The molecule has 1 aromatic carbocycles. The zero-order chi connectivity index (χ0) is 11.7. The Balaban J connectivity index is 2.50. The fourth-order valence-corrected chi connectivity index (χ4v) is 3.03. The van der Waals surface area contributed by atoms with Gasteiger partial charge >= 0.3 is 0 Å².